The average Bonchev–Trinajstić information content (AvgIpc) is 2.08. The van der Waals surface area contributed by atoms with Crippen molar-refractivity contribution >= 4 is 17.4 Å². The maximum atomic E-state index is 5.57. The van der Waals surface area contributed by atoms with E-state index in [9.17, 15) is 0 Å². The van der Waals surface area contributed by atoms with E-state index in [1.165, 1.54) is 0 Å². The van der Waals surface area contributed by atoms with Crippen molar-refractivity contribution < 1.29 is 0 Å². The molecule has 1 N–H and O–H groups in total. The van der Waals surface area contributed by atoms with E-state index in [-0.39, 0.29) is 0 Å². The Hall–Kier alpha value is -1.20. The topological polar surface area (TPSA) is 24.9 Å². The molecular weight excluding hydrogens is 160 g/mol. The second kappa shape index (κ2) is 5.57. The Bertz CT molecular complexity index is 233. The van der Waals surface area contributed by atoms with Gasteiger partial charge >= 0.3 is 0 Å². The molecule has 0 atom stereocenters. The van der Waals surface area contributed by atoms with Gasteiger partial charge in [-0.2, -0.15) is 0 Å². The minimum Gasteiger partial charge on any atom is -0.373 e. The monoisotopic (exact) mass is 168 g/mol. The van der Waals surface area contributed by atoms with Crippen LogP contribution in [0, 0.1) is 12.8 Å². The standard InChI is InChI=1S/C6H7ClN2.C2H2/c1-8-6-4-2-3-5(7)9-6;1-2/h2-4H,1H3,(H,8,9);1-2H. The molecule has 0 fully saturated rings. The van der Waals surface area contributed by atoms with Crippen molar-refractivity contribution in [2.24, 2.45) is 0 Å². The van der Waals surface area contributed by atoms with Crippen molar-refractivity contribution in [3.8, 4) is 12.8 Å². The Labute approximate surface area is 71.6 Å². The molecule has 0 unspecified atom stereocenters. The molecule has 1 rings (SSSR count). The molecule has 2 nitrogen and oxygen atoms in total. The Morgan fingerprint density at radius 2 is 2.09 bits per heavy atom. The third-order valence-corrected chi connectivity index (χ3v) is 1.18. The Morgan fingerprint density at radius 3 is 2.45 bits per heavy atom. The van der Waals surface area contributed by atoms with Crippen LogP contribution in [0.1, 0.15) is 0 Å². The first-order chi connectivity index (χ1) is 5.33. The second-order valence-electron chi connectivity index (χ2n) is 1.60. The molecular formula is C8H9ClN2. The van der Waals surface area contributed by atoms with Gasteiger partial charge in [-0.15, -0.1) is 12.8 Å². The van der Waals surface area contributed by atoms with E-state index >= 15 is 0 Å². The first-order valence-electron chi connectivity index (χ1n) is 2.96. The predicted octanol–water partition coefficient (Wildman–Crippen LogP) is 2.03. The van der Waals surface area contributed by atoms with Crippen LogP contribution in [-0.2, 0) is 0 Å². The summed E-state index contributed by atoms with van der Waals surface area (Å²) in [7, 11) is 1.80. The van der Waals surface area contributed by atoms with Gasteiger partial charge in [0.25, 0.3) is 0 Å². The van der Waals surface area contributed by atoms with Gasteiger partial charge in [0.1, 0.15) is 11.0 Å². The fourth-order valence-corrected chi connectivity index (χ4v) is 0.711. The number of hydrogen-bond donors (Lipinski definition) is 1. The Balaban J connectivity index is 0.000000461. The van der Waals surface area contributed by atoms with Gasteiger partial charge in [0.15, 0.2) is 0 Å². The molecule has 0 aliphatic heterocycles. The highest BCUT2D eigenvalue weighted by Crippen LogP contribution is 2.07. The summed E-state index contributed by atoms with van der Waals surface area (Å²) in [6, 6.07) is 5.44. The molecule has 58 valence electrons. The van der Waals surface area contributed by atoms with E-state index in [4.69, 9.17) is 11.6 Å². The lowest BCUT2D eigenvalue weighted by Crippen LogP contribution is -1.90. The van der Waals surface area contributed by atoms with E-state index < -0.39 is 0 Å². The zero-order chi connectivity index (χ0) is 8.69. The largest absolute Gasteiger partial charge is 0.373 e. The molecule has 0 aliphatic carbocycles. The second-order valence-corrected chi connectivity index (χ2v) is 1.98. The smallest absolute Gasteiger partial charge is 0.131 e. The van der Waals surface area contributed by atoms with Crippen LogP contribution >= 0.6 is 11.6 Å². The summed E-state index contributed by atoms with van der Waals surface area (Å²) in [4.78, 5) is 3.95. The number of nitrogens with one attached hydrogen (secondary N) is 1. The summed E-state index contributed by atoms with van der Waals surface area (Å²) in [6.07, 6.45) is 8.00. The van der Waals surface area contributed by atoms with E-state index in [0.717, 1.165) is 5.82 Å². The summed E-state index contributed by atoms with van der Waals surface area (Å²) >= 11 is 5.57. The first-order valence-corrected chi connectivity index (χ1v) is 3.34. The molecule has 1 heterocycles. The summed E-state index contributed by atoms with van der Waals surface area (Å²) in [6.45, 7) is 0. The van der Waals surface area contributed by atoms with Crippen LogP contribution in [0.25, 0.3) is 0 Å². The average molecular weight is 169 g/mol. The van der Waals surface area contributed by atoms with Crippen LogP contribution in [0.3, 0.4) is 0 Å². The van der Waals surface area contributed by atoms with Gasteiger partial charge in [-0.25, -0.2) is 4.98 Å². The van der Waals surface area contributed by atoms with Crippen LogP contribution in [-0.4, -0.2) is 12.0 Å². The number of aromatic nitrogens is 1. The van der Waals surface area contributed by atoms with Gasteiger partial charge in [-0.1, -0.05) is 17.7 Å². The molecule has 0 radical (unpaired) electrons. The molecule has 0 aliphatic rings. The number of rotatable bonds is 1. The summed E-state index contributed by atoms with van der Waals surface area (Å²) in [5.41, 5.74) is 0. The van der Waals surface area contributed by atoms with Gasteiger partial charge in [0, 0.05) is 7.05 Å². The van der Waals surface area contributed by atoms with Crippen LogP contribution < -0.4 is 5.32 Å². The normalized spacial score (nSPS) is 7.64. The fraction of sp³-hybridized carbons (Fsp3) is 0.125. The Morgan fingerprint density at radius 1 is 1.45 bits per heavy atom. The van der Waals surface area contributed by atoms with Crippen molar-refractivity contribution in [3.63, 3.8) is 0 Å². The third kappa shape index (κ3) is 3.49. The maximum absolute atomic E-state index is 5.57. The van der Waals surface area contributed by atoms with Gasteiger partial charge in [0.05, 0.1) is 0 Å². The lowest BCUT2D eigenvalue weighted by molar-refractivity contribution is 1.29. The highest BCUT2D eigenvalue weighted by molar-refractivity contribution is 6.29. The zero-order valence-corrected chi connectivity index (χ0v) is 6.97. The molecule has 0 saturated heterocycles. The molecule has 3 heteroatoms. The van der Waals surface area contributed by atoms with Crippen molar-refractivity contribution in [1.82, 2.24) is 4.98 Å². The van der Waals surface area contributed by atoms with Gasteiger partial charge in [0.2, 0.25) is 0 Å². The van der Waals surface area contributed by atoms with Gasteiger partial charge in [-0.3, -0.25) is 0 Å². The lowest BCUT2D eigenvalue weighted by Gasteiger charge is -1.95. The number of nitrogens with zero attached hydrogens (tertiary/aromatic N) is 1. The highest BCUT2D eigenvalue weighted by atomic mass is 35.5. The number of hydrogen-bond acceptors (Lipinski definition) is 2. The fourth-order valence-electron chi connectivity index (χ4n) is 0.548. The first kappa shape index (κ1) is 9.80. The minimum atomic E-state index is 0.516. The molecule has 0 aromatic carbocycles. The zero-order valence-electron chi connectivity index (χ0n) is 6.21. The number of halogens is 1. The Kier molecular flexibility index (Phi) is 4.97. The summed E-state index contributed by atoms with van der Waals surface area (Å²) in [5.74, 6) is 0.794. The van der Waals surface area contributed by atoms with Crippen LogP contribution in [0.15, 0.2) is 18.2 Å². The minimum absolute atomic E-state index is 0.516. The molecule has 1 aromatic rings. The van der Waals surface area contributed by atoms with Crippen molar-refractivity contribution in [2.75, 3.05) is 12.4 Å². The van der Waals surface area contributed by atoms with Crippen molar-refractivity contribution in [1.29, 1.82) is 0 Å². The van der Waals surface area contributed by atoms with Crippen LogP contribution in [0.5, 0.6) is 0 Å². The highest BCUT2D eigenvalue weighted by Gasteiger charge is 1.88. The molecule has 0 spiro atoms. The van der Waals surface area contributed by atoms with E-state index in [1.54, 1.807) is 13.1 Å². The van der Waals surface area contributed by atoms with Gasteiger partial charge in [-0.05, 0) is 12.1 Å². The lowest BCUT2D eigenvalue weighted by atomic mass is 10.5. The number of pyridine rings is 1. The quantitative estimate of drug-likeness (QED) is 0.513. The number of terminal acetylenes is 1. The molecule has 1 aromatic heterocycles. The molecule has 0 amide bonds. The third-order valence-electron chi connectivity index (χ3n) is 0.971. The molecule has 0 bridgehead atoms. The van der Waals surface area contributed by atoms with E-state index in [1.807, 2.05) is 12.1 Å². The van der Waals surface area contributed by atoms with Crippen molar-refractivity contribution in [2.45, 2.75) is 0 Å². The van der Waals surface area contributed by atoms with E-state index in [2.05, 4.69) is 23.1 Å². The number of anilines is 1. The predicted molar refractivity (Wildman–Crippen MR) is 48.7 cm³/mol. The van der Waals surface area contributed by atoms with E-state index in [0.29, 0.717) is 5.15 Å². The van der Waals surface area contributed by atoms with Gasteiger partial charge < -0.3 is 5.32 Å². The molecule has 11 heavy (non-hydrogen) atoms. The van der Waals surface area contributed by atoms with Crippen molar-refractivity contribution in [3.05, 3.63) is 23.4 Å². The van der Waals surface area contributed by atoms with Crippen LogP contribution in [0.4, 0.5) is 5.82 Å². The van der Waals surface area contributed by atoms with Crippen LogP contribution in [0.2, 0.25) is 5.15 Å². The SMILES string of the molecule is C#C.CNc1cccc(Cl)n1. The summed E-state index contributed by atoms with van der Waals surface area (Å²) < 4.78 is 0. The maximum Gasteiger partial charge on any atom is 0.131 e. The summed E-state index contributed by atoms with van der Waals surface area (Å²) in [5, 5.41) is 3.39. The molecule has 0 saturated carbocycles.